The molecule has 19 nitrogen and oxygen atoms in total. The molecule has 0 amide bonds. The molecule has 12 N–H and O–H groups in total. The van der Waals surface area contributed by atoms with Crippen LogP contribution < -0.4 is 0 Å². The minimum atomic E-state index is -1.96. The highest BCUT2D eigenvalue weighted by Crippen LogP contribution is 2.34. The van der Waals surface area contributed by atoms with Crippen LogP contribution in [-0.4, -0.2) is 197 Å². The number of hydrogen-bond acceptors (Lipinski definition) is 19. The van der Waals surface area contributed by atoms with Crippen molar-refractivity contribution in [2.24, 2.45) is 0 Å². The van der Waals surface area contributed by atoms with Crippen molar-refractivity contribution in [3.63, 3.8) is 0 Å². The van der Waals surface area contributed by atoms with Crippen molar-refractivity contribution < 1.29 is 94.4 Å². The summed E-state index contributed by atoms with van der Waals surface area (Å²) in [6.07, 6.45) is -32.5. The van der Waals surface area contributed by atoms with Gasteiger partial charge in [-0.3, -0.25) is 0 Å². The van der Waals surface area contributed by atoms with Gasteiger partial charge in [0.1, 0.15) is 85.5 Å². The van der Waals surface area contributed by atoms with Crippen molar-refractivity contribution >= 4 is 0 Å². The second-order valence-corrected chi connectivity index (χ2v) is 11.1. The fraction of sp³-hybridized carbons (Fsp3) is 1.00. The summed E-state index contributed by atoms with van der Waals surface area (Å²) in [6.45, 7) is 1.10. The first-order valence-corrected chi connectivity index (χ1v) is 13.8. The molecule has 4 aliphatic heterocycles. The Morgan fingerprint density at radius 2 is 0.791 bits per heavy atom. The van der Waals surface area contributed by atoms with Crippen LogP contribution >= 0.6 is 0 Å². The Morgan fingerprint density at radius 3 is 1.26 bits per heavy atom. The molecule has 0 radical (unpaired) electrons. The van der Waals surface area contributed by atoms with Crippen LogP contribution in [0.4, 0.5) is 0 Å². The van der Waals surface area contributed by atoms with E-state index in [1.807, 2.05) is 0 Å². The van der Waals surface area contributed by atoms with E-state index in [0.29, 0.717) is 0 Å². The Kier molecular flexibility index (Phi) is 11.7. The van der Waals surface area contributed by atoms with Gasteiger partial charge in [-0.2, -0.15) is 0 Å². The van der Waals surface area contributed by atoms with Crippen molar-refractivity contribution in [3.8, 4) is 0 Å². The Labute approximate surface area is 244 Å². The van der Waals surface area contributed by atoms with Gasteiger partial charge in [0.2, 0.25) is 0 Å². The van der Waals surface area contributed by atoms with Crippen molar-refractivity contribution in [3.05, 3.63) is 0 Å². The Morgan fingerprint density at radius 1 is 0.419 bits per heavy atom. The zero-order valence-electron chi connectivity index (χ0n) is 23.2. The molecule has 0 aromatic heterocycles. The van der Waals surface area contributed by atoms with Gasteiger partial charge in [0.05, 0.1) is 25.4 Å². The van der Waals surface area contributed by atoms with Gasteiger partial charge in [-0.05, 0) is 13.8 Å². The summed E-state index contributed by atoms with van der Waals surface area (Å²) in [7, 11) is 0. The minimum absolute atomic E-state index is 0.834. The van der Waals surface area contributed by atoms with E-state index in [4.69, 9.17) is 33.2 Å². The van der Waals surface area contributed by atoms with E-state index < -0.39 is 136 Å². The lowest BCUT2D eigenvalue weighted by molar-refractivity contribution is -0.389. The van der Waals surface area contributed by atoms with E-state index in [1.165, 1.54) is 13.8 Å². The fourth-order valence-electron chi connectivity index (χ4n) is 5.42. The van der Waals surface area contributed by atoms with Gasteiger partial charge in [-0.1, -0.05) is 0 Å². The first-order chi connectivity index (χ1) is 20.2. The van der Waals surface area contributed by atoms with Crippen molar-refractivity contribution in [1.29, 1.82) is 0 Å². The van der Waals surface area contributed by atoms with E-state index in [-0.39, 0.29) is 0 Å². The predicted molar refractivity (Wildman–Crippen MR) is 131 cm³/mol. The summed E-state index contributed by atoms with van der Waals surface area (Å²) in [5.41, 5.74) is 0. The maximum Gasteiger partial charge on any atom is 0.187 e. The second kappa shape index (κ2) is 14.3. The van der Waals surface area contributed by atoms with Crippen LogP contribution in [-0.2, 0) is 33.2 Å². The molecule has 4 fully saturated rings. The SMILES string of the molecule is C[C@@H]1O[C@@H](O[C@@H]2[C@@H](O)[C@H](O[C@@H]3O[C@H](CO)[C@@H](O[C@@H]4O[C@@H](C)[C@H](O)[C@@H](O)[C@H]4O)[C@H](O)[C@H]3O)[C@@H](CO)O[C@H]2O)[C@H](O)[C@H](O)[C@H]1O. The summed E-state index contributed by atoms with van der Waals surface area (Å²) >= 11 is 0. The number of hydrogen-bond donors (Lipinski definition) is 12. The number of aliphatic hydroxyl groups excluding tert-OH is 12. The highest BCUT2D eigenvalue weighted by Gasteiger charge is 2.54. The third-order valence-corrected chi connectivity index (χ3v) is 8.13. The van der Waals surface area contributed by atoms with Crippen LogP contribution in [0.1, 0.15) is 13.8 Å². The normalized spacial score (nSPS) is 54.8. The summed E-state index contributed by atoms with van der Waals surface area (Å²) < 4.78 is 38.2. The number of aliphatic hydroxyl groups is 12. The van der Waals surface area contributed by atoms with Crippen LogP contribution in [0.3, 0.4) is 0 Å². The van der Waals surface area contributed by atoms with Gasteiger partial charge in [-0.25, -0.2) is 0 Å². The molecule has 19 heteroatoms. The number of ether oxygens (including phenoxy) is 7. The van der Waals surface area contributed by atoms with Crippen molar-refractivity contribution in [2.45, 2.75) is 137 Å². The molecule has 0 bridgehead atoms. The molecule has 4 aliphatic rings. The zero-order valence-corrected chi connectivity index (χ0v) is 23.2. The zero-order chi connectivity index (χ0) is 31.9. The average Bonchev–Trinajstić information content (AvgIpc) is 2.98. The predicted octanol–water partition coefficient (Wildman–Crippen LogP) is -7.69. The van der Waals surface area contributed by atoms with Gasteiger partial charge < -0.3 is 94.4 Å². The minimum Gasteiger partial charge on any atom is -0.394 e. The molecule has 4 heterocycles. The molecular weight excluding hydrogens is 592 g/mol. The Balaban J connectivity index is 1.46. The Bertz CT molecular complexity index is 884. The molecule has 0 spiro atoms. The van der Waals surface area contributed by atoms with E-state index in [9.17, 15) is 61.3 Å². The molecule has 0 unspecified atom stereocenters. The van der Waals surface area contributed by atoms with Gasteiger partial charge in [0.25, 0.3) is 0 Å². The number of rotatable bonds is 8. The lowest BCUT2D eigenvalue weighted by atomic mass is 9.96. The third kappa shape index (κ3) is 7.00. The standard InChI is InChI=1S/C24H42O19/c1-5-9(27)11(29)14(32)22(37-5)41-18-8(4-26)40-24(16(34)13(18)31)42-19-7(3-25)39-21(36)20(17(19)35)43-23-15(33)12(30)10(28)6(2)38-23/h5-36H,3-4H2,1-2H3/t5-,6-,7+,8+,9-,10-,11+,12+,13+,14+,15+,16+,17-,18+,19+,20+,21+,22-,23-,24-/m0/s1. The summed E-state index contributed by atoms with van der Waals surface area (Å²) in [4.78, 5) is 0. The van der Waals surface area contributed by atoms with Crippen LogP contribution in [0.5, 0.6) is 0 Å². The first kappa shape index (κ1) is 35.1. The summed E-state index contributed by atoms with van der Waals surface area (Å²) in [5, 5.41) is 123. The largest absolute Gasteiger partial charge is 0.394 e. The van der Waals surface area contributed by atoms with Crippen LogP contribution in [0.15, 0.2) is 0 Å². The molecule has 0 saturated carbocycles. The van der Waals surface area contributed by atoms with E-state index in [0.717, 1.165) is 0 Å². The average molecular weight is 635 g/mol. The quantitative estimate of drug-likeness (QED) is 0.118. The molecule has 20 atom stereocenters. The van der Waals surface area contributed by atoms with E-state index in [2.05, 4.69) is 0 Å². The fourth-order valence-corrected chi connectivity index (χ4v) is 5.42. The lowest BCUT2D eigenvalue weighted by Gasteiger charge is -2.48. The molecule has 4 saturated heterocycles. The highest BCUT2D eigenvalue weighted by atomic mass is 16.8. The first-order valence-electron chi connectivity index (χ1n) is 13.8. The molecule has 43 heavy (non-hydrogen) atoms. The van der Waals surface area contributed by atoms with E-state index in [1.54, 1.807) is 0 Å². The van der Waals surface area contributed by atoms with Crippen LogP contribution in [0.25, 0.3) is 0 Å². The van der Waals surface area contributed by atoms with Crippen LogP contribution in [0.2, 0.25) is 0 Å². The maximum absolute atomic E-state index is 11.1. The topological polar surface area (TPSA) is 307 Å². The molecule has 0 aliphatic carbocycles. The molecule has 252 valence electrons. The monoisotopic (exact) mass is 634 g/mol. The maximum atomic E-state index is 11.1. The van der Waals surface area contributed by atoms with Gasteiger partial charge in [0.15, 0.2) is 25.2 Å². The molecular formula is C24H42O19. The molecule has 4 rings (SSSR count). The van der Waals surface area contributed by atoms with Gasteiger partial charge in [-0.15, -0.1) is 0 Å². The highest BCUT2D eigenvalue weighted by molar-refractivity contribution is 4.97. The molecule has 0 aromatic rings. The van der Waals surface area contributed by atoms with Crippen molar-refractivity contribution in [2.75, 3.05) is 13.2 Å². The van der Waals surface area contributed by atoms with Crippen LogP contribution in [0, 0.1) is 0 Å². The van der Waals surface area contributed by atoms with Crippen molar-refractivity contribution in [1.82, 2.24) is 0 Å². The third-order valence-electron chi connectivity index (χ3n) is 8.13. The summed E-state index contributed by atoms with van der Waals surface area (Å²) in [5.74, 6) is 0. The second-order valence-electron chi connectivity index (χ2n) is 11.1. The molecule has 0 aromatic carbocycles. The lowest BCUT2D eigenvalue weighted by Crippen LogP contribution is -2.67. The Hall–Kier alpha value is -0.760. The summed E-state index contributed by atoms with van der Waals surface area (Å²) in [6, 6.07) is 0. The van der Waals surface area contributed by atoms with E-state index >= 15 is 0 Å². The smallest absolute Gasteiger partial charge is 0.187 e. The van der Waals surface area contributed by atoms with Gasteiger partial charge >= 0.3 is 0 Å². The van der Waals surface area contributed by atoms with Gasteiger partial charge in [0, 0.05) is 0 Å².